The normalized spacial score (nSPS) is 13.7. The van der Waals surface area contributed by atoms with Crippen molar-refractivity contribution in [3.63, 3.8) is 0 Å². The van der Waals surface area contributed by atoms with E-state index in [1.165, 1.54) is 6.07 Å². The van der Waals surface area contributed by atoms with Gasteiger partial charge in [-0.05, 0) is 72.5 Å². The number of allylic oxidation sites excluding steroid dienone is 5. The average Bonchev–Trinajstić information content (AvgIpc) is 3.22. The fraction of sp³-hybridized carbons (Fsp3) is 0.459. The van der Waals surface area contributed by atoms with Crippen LogP contribution < -0.4 is 21.7 Å². The van der Waals surface area contributed by atoms with E-state index in [1.807, 2.05) is 67.6 Å². The van der Waals surface area contributed by atoms with Gasteiger partial charge in [0.1, 0.15) is 5.82 Å². The first-order valence-electron chi connectivity index (χ1n) is 16.3. The summed E-state index contributed by atoms with van der Waals surface area (Å²) in [5.41, 5.74) is 8.64. The molecule has 6 N–H and O–H groups in total. The number of halogens is 1. The number of aliphatic hydroxyl groups excluding tert-OH is 1. The van der Waals surface area contributed by atoms with Crippen molar-refractivity contribution < 1.29 is 19.1 Å². The quantitative estimate of drug-likeness (QED) is 0.115. The molecule has 2 unspecified atom stereocenters. The molecule has 2 aromatic rings. The summed E-state index contributed by atoms with van der Waals surface area (Å²) in [6, 6.07) is 15.9. The predicted molar refractivity (Wildman–Crippen MR) is 195 cm³/mol. The molecule has 0 saturated heterocycles. The van der Waals surface area contributed by atoms with E-state index in [-0.39, 0.29) is 18.3 Å². The summed E-state index contributed by atoms with van der Waals surface area (Å²) in [7, 11) is 0. The minimum Gasteiger partial charge on any atom is -0.399 e. The number of carbonyl (C=O) groups excluding carboxylic acids is 2. The van der Waals surface area contributed by atoms with Crippen LogP contribution in [0.5, 0.6) is 0 Å². The van der Waals surface area contributed by atoms with Crippen molar-refractivity contribution >= 4 is 24.3 Å². The third-order valence-electron chi connectivity index (χ3n) is 6.24. The Morgan fingerprint density at radius 2 is 1.74 bits per heavy atom. The van der Waals surface area contributed by atoms with Gasteiger partial charge in [-0.15, -0.1) is 0 Å². The maximum Gasteiger partial charge on any atom is 0.239 e. The van der Waals surface area contributed by atoms with Crippen LogP contribution in [-0.4, -0.2) is 60.1 Å². The van der Waals surface area contributed by atoms with Gasteiger partial charge in [-0.3, -0.25) is 9.59 Å². The molecule has 10 heteroatoms. The second-order valence-electron chi connectivity index (χ2n) is 12.3. The molecule has 47 heavy (non-hydrogen) atoms. The Balaban J connectivity index is 0.000000605. The molecule has 0 aromatic heterocycles. The Bertz CT molecular complexity index is 1250. The highest BCUT2D eigenvalue weighted by atomic mass is 32.2. The van der Waals surface area contributed by atoms with Crippen molar-refractivity contribution in [2.45, 2.75) is 73.1 Å². The molecule has 3 rings (SSSR count). The lowest BCUT2D eigenvalue weighted by molar-refractivity contribution is -0.123. The fourth-order valence-electron chi connectivity index (χ4n) is 4.21. The van der Waals surface area contributed by atoms with Gasteiger partial charge in [0.25, 0.3) is 0 Å². The van der Waals surface area contributed by atoms with Crippen LogP contribution in [0.25, 0.3) is 0 Å². The maximum atomic E-state index is 12.6. The lowest BCUT2D eigenvalue weighted by Crippen LogP contribution is -2.50. The van der Waals surface area contributed by atoms with Crippen LogP contribution in [-0.2, 0) is 22.6 Å². The van der Waals surface area contributed by atoms with Crippen LogP contribution in [0, 0.1) is 17.7 Å². The maximum absolute atomic E-state index is 12.6. The molecule has 2 aromatic carbocycles. The van der Waals surface area contributed by atoms with E-state index >= 15 is 0 Å². The summed E-state index contributed by atoms with van der Waals surface area (Å²) in [6.45, 7) is 15.5. The van der Waals surface area contributed by atoms with Gasteiger partial charge in [-0.2, -0.15) is 0 Å². The highest BCUT2D eigenvalue weighted by Crippen LogP contribution is 2.28. The third kappa shape index (κ3) is 21.1. The van der Waals surface area contributed by atoms with E-state index in [9.17, 15) is 19.1 Å². The van der Waals surface area contributed by atoms with Crippen molar-refractivity contribution in [2.24, 2.45) is 17.6 Å². The number of hydrogen-bond acceptors (Lipinski definition) is 7. The molecular formula is C37H56FN5O3S. The fourth-order valence-corrected chi connectivity index (χ4v) is 5.44. The zero-order chi connectivity index (χ0) is 35.0. The van der Waals surface area contributed by atoms with E-state index in [0.29, 0.717) is 25.3 Å². The number of aliphatic hydroxyl groups is 1. The van der Waals surface area contributed by atoms with Gasteiger partial charge in [-0.1, -0.05) is 102 Å². The number of rotatable bonds is 16. The van der Waals surface area contributed by atoms with Crippen molar-refractivity contribution in [3.05, 3.63) is 106 Å². The molecule has 260 valence electrons. The molecule has 1 aliphatic rings. The first-order chi connectivity index (χ1) is 22.4. The highest BCUT2D eigenvalue weighted by Gasteiger charge is 2.25. The van der Waals surface area contributed by atoms with Crippen LogP contribution in [0.2, 0.25) is 0 Å². The van der Waals surface area contributed by atoms with Gasteiger partial charge in [0, 0.05) is 30.2 Å². The second-order valence-corrected chi connectivity index (χ2v) is 13.5. The van der Waals surface area contributed by atoms with Gasteiger partial charge in [-0.25, -0.2) is 8.70 Å². The predicted octanol–water partition coefficient (Wildman–Crippen LogP) is 5.71. The summed E-state index contributed by atoms with van der Waals surface area (Å²) in [5, 5.41) is 19.5. The Kier molecular flexibility index (Phi) is 21.8. The molecule has 0 aliphatic heterocycles. The van der Waals surface area contributed by atoms with Crippen molar-refractivity contribution in [2.75, 3.05) is 26.2 Å². The number of benzene rings is 2. The Hall–Kier alpha value is -3.44. The molecule has 2 atom stereocenters. The van der Waals surface area contributed by atoms with Gasteiger partial charge in [0.2, 0.25) is 12.3 Å². The number of nitrogens with two attached hydrogens (primary N) is 1. The summed E-state index contributed by atoms with van der Waals surface area (Å²) in [6.07, 6.45) is 8.72. The molecule has 0 heterocycles. The largest absolute Gasteiger partial charge is 0.399 e. The molecular weight excluding hydrogens is 614 g/mol. The second kappa shape index (κ2) is 24.7. The van der Waals surface area contributed by atoms with Gasteiger partial charge >= 0.3 is 0 Å². The monoisotopic (exact) mass is 669 g/mol. The SMILES string of the molecule is CC(C)C.CC(C)CN(CC(O)C(Cc1ccccc1)NC(=O)CNC=O)SC1=CC=CC(N)=CC1.CCNCc1cccc(F)c1. The molecule has 0 fully saturated rings. The molecule has 0 saturated carbocycles. The minimum atomic E-state index is -0.802. The topological polar surface area (TPSA) is 120 Å². The van der Waals surface area contributed by atoms with Crippen LogP contribution >= 0.6 is 11.9 Å². The molecule has 8 nitrogen and oxygen atoms in total. The van der Waals surface area contributed by atoms with Crippen LogP contribution in [0.15, 0.2) is 89.5 Å². The molecule has 0 spiro atoms. The zero-order valence-electron chi connectivity index (χ0n) is 28.9. The van der Waals surface area contributed by atoms with Crippen LogP contribution in [0.3, 0.4) is 0 Å². The first-order valence-corrected chi connectivity index (χ1v) is 17.1. The minimum absolute atomic E-state index is 0.126. The standard InChI is InChI=1S/C24H34N4O3S.C9H12FN.C4H10/c1-18(2)15-28(32-21-10-6-9-20(25)11-12-21)16-23(30)22(27-24(31)14-26-17-29)13-19-7-4-3-5-8-19;1-2-11-7-8-4-3-5-9(10)6-8;1-4(2)3/h3-11,17-18,22-23,30H,12-16,25H2,1-2H3,(H,26,29)(H,27,31);3-6,11H,2,7H2,1H3;4H,1-3H3. The number of nitrogens with one attached hydrogen (secondary N) is 3. The van der Waals surface area contributed by atoms with Crippen LogP contribution in [0.1, 0.15) is 59.1 Å². The van der Waals surface area contributed by atoms with Crippen molar-refractivity contribution in [3.8, 4) is 0 Å². The molecule has 1 aliphatic carbocycles. The van der Waals surface area contributed by atoms with Gasteiger partial charge in [0.05, 0.1) is 18.7 Å². The van der Waals surface area contributed by atoms with Crippen molar-refractivity contribution in [1.82, 2.24) is 20.3 Å². The summed E-state index contributed by atoms with van der Waals surface area (Å²) < 4.78 is 14.7. The third-order valence-corrected chi connectivity index (χ3v) is 7.33. The molecule has 0 bridgehead atoms. The van der Waals surface area contributed by atoms with E-state index in [1.54, 1.807) is 24.1 Å². The van der Waals surface area contributed by atoms with Crippen LogP contribution in [0.4, 0.5) is 4.39 Å². The van der Waals surface area contributed by atoms with E-state index in [4.69, 9.17) is 5.73 Å². The van der Waals surface area contributed by atoms with Gasteiger partial charge in [0.15, 0.2) is 0 Å². The number of hydrogen-bond donors (Lipinski definition) is 5. The van der Waals surface area contributed by atoms with Crippen molar-refractivity contribution in [1.29, 1.82) is 0 Å². The Labute approximate surface area is 286 Å². The van der Waals surface area contributed by atoms with E-state index < -0.39 is 12.1 Å². The Morgan fingerprint density at radius 3 is 2.36 bits per heavy atom. The molecule has 2 amide bonds. The zero-order valence-corrected chi connectivity index (χ0v) is 29.7. The highest BCUT2D eigenvalue weighted by molar-refractivity contribution is 8.00. The molecule has 0 radical (unpaired) electrons. The van der Waals surface area contributed by atoms with Gasteiger partial charge < -0.3 is 26.8 Å². The summed E-state index contributed by atoms with van der Waals surface area (Å²) in [5.74, 6) is 0.731. The number of nitrogens with zero attached hydrogens (tertiary/aromatic N) is 1. The number of amides is 2. The smallest absolute Gasteiger partial charge is 0.239 e. The van der Waals surface area contributed by atoms with E-state index in [2.05, 4.69) is 54.9 Å². The number of carbonyl (C=O) groups is 2. The summed E-state index contributed by atoms with van der Waals surface area (Å²) >= 11 is 1.61. The first kappa shape index (κ1) is 41.6. The van der Waals surface area contributed by atoms with E-state index in [0.717, 1.165) is 53.7 Å². The lowest BCUT2D eigenvalue weighted by Gasteiger charge is -2.31. The Morgan fingerprint density at radius 1 is 1.06 bits per heavy atom. The average molecular weight is 670 g/mol. The lowest BCUT2D eigenvalue weighted by atomic mass is 10.0. The summed E-state index contributed by atoms with van der Waals surface area (Å²) in [4.78, 5) is 23.9.